The second kappa shape index (κ2) is 3.62. The van der Waals surface area contributed by atoms with Crippen LogP contribution in [0, 0.1) is 0 Å². The van der Waals surface area contributed by atoms with E-state index >= 15 is 0 Å². The zero-order valence-electron chi connectivity index (χ0n) is 8.59. The van der Waals surface area contributed by atoms with Gasteiger partial charge in [0.25, 0.3) is 0 Å². The van der Waals surface area contributed by atoms with Gasteiger partial charge in [-0.2, -0.15) is 0 Å². The molecule has 1 atom stereocenters. The SMILES string of the molecule is CC(CN)c1cc2c(cc1O)CCC2. The van der Waals surface area contributed by atoms with Crippen molar-refractivity contribution in [2.45, 2.75) is 32.1 Å². The van der Waals surface area contributed by atoms with Gasteiger partial charge in [-0.15, -0.1) is 0 Å². The average Bonchev–Trinajstić information content (AvgIpc) is 2.62. The van der Waals surface area contributed by atoms with E-state index in [9.17, 15) is 5.11 Å². The second-order valence-corrected chi connectivity index (χ2v) is 4.17. The van der Waals surface area contributed by atoms with E-state index in [0.29, 0.717) is 12.3 Å². The number of fused-ring (bicyclic) bond motifs is 1. The van der Waals surface area contributed by atoms with Crippen LogP contribution in [-0.2, 0) is 12.8 Å². The van der Waals surface area contributed by atoms with Crippen LogP contribution in [0.5, 0.6) is 5.75 Å². The molecule has 0 bridgehead atoms. The van der Waals surface area contributed by atoms with Crippen LogP contribution in [0.25, 0.3) is 0 Å². The molecule has 1 aromatic carbocycles. The lowest BCUT2D eigenvalue weighted by atomic mass is 9.96. The first-order chi connectivity index (χ1) is 6.72. The molecule has 3 N–H and O–H groups in total. The Kier molecular flexibility index (Phi) is 2.46. The number of nitrogens with two attached hydrogens (primary N) is 1. The molecule has 14 heavy (non-hydrogen) atoms. The molecular weight excluding hydrogens is 174 g/mol. The van der Waals surface area contributed by atoms with Gasteiger partial charge in [-0.25, -0.2) is 0 Å². The van der Waals surface area contributed by atoms with Crippen LogP contribution in [0.1, 0.15) is 36.0 Å². The van der Waals surface area contributed by atoms with Crippen molar-refractivity contribution in [1.29, 1.82) is 0 Å². The summed E-state index contributed by atoms with van der Waals surface area (Å²) < 4.78 is 0. The van der Waals surface area contributed by atoms with Crippen LogP contribution < -0.4 is 5.73 Å². The van der Waals surface area contributed by atoms with Crippen LogP contribution in [-0.4, -0.2) is 11.7 Å². The Balaban J connectivity index is 2.42. The fourth-order valence-corrected chi connectivity index (χ4v) is 2.15. The molecule has 76 valence electrons. The minimum atomic E-state index is 0.251. The Bertz CT molecular complexity index is 346. The van der Waals surface area contributed by atoms with E-state index in [2.05, 4.69) is 13.0 Å². The molecule has 2 rings (SSSR count). The van der Waals surface area contributed by atoms with Crippen molar-refractivity contribution >= 4 is 0 Å². The summed E-state index contributed by atoms with van der Waals surface area (Å²) in [5, 5.41) is 9.82. The highest BCUT2D eigenvalue weighted by Gasteiger charge is 2.16. The maximum Gasteiger partial charge on any atom is 0.119 e. The minimum Gasteiger partial charge on any atom is -0.508 e. The molecule has 2 heteroatoms. The smallest absolute Gasteiger partial charge is 0.119 e. The molecule has 0 aromatic heterocycles. The molecule has 0 saturated carbocycles. The van der Waals surface area contributed by atoms with Crippen LogP contribution in [0.4, 0.5) is 0 Å². The summed E-state index contributed by atoms with van der Waals surface area (Å²) in [6.07, 6.45) is 3.48. The maximum absolute atomic E-state index is 9.82. The fraction of sp³-hybridized carbons (Fsp3) is 0.500. The molecule has 0 radical (unpaired) electrons. The summed E-state index contributed by atoms with van der Waals surface area (Å²) in [4.78, 5) is 0. The number of phenols is 1. The molecule has 1 unspecified atom stereocenters. The molecule has 0 spiro atoms. The number of aryl methyl sites for hydroxylation is 2. The lowest BCUT2D eigenvalue weighted by Gasteiger charge is -2.13. The number of benzene rings is 1. The van der Waals surface area contributed by atoms with Gasteiger partial charge in [0.05, 0.1) is 0 Å². The summed E-state index contributed by atoms with van der Waals surface area (Å²) >= 11 is 0. The van der Waals surface area contributed by atoms with E-state index in [1.807, 2.05) is 6.07 Å². The number of aromatic hydroxyl groups is 1. The number of hydrogen-bond donors (Lipinski definition) is 2. The van der Waals surface area contributed by atoms with Crippen LogP contribution in [0.2, 0.25) is 0 Å². The molecule has 2 nitrogen and oxygen atoms in total. The molecule has 0 saturated heterocycles. The van der Waals surface area contributed by atoms with Crippen LogP contribution in [0.3, 0.4) is 0 Å². The number of hydrogen-bond acceptors (Lipinski definition) is 2. The number of rotatable bonds is 2. The third kappa shape index (κ3) is 1.50. The summed E-state index contributed by atoms with van der Waals surface area (Å²) in [5.41, 5.74) is 9.33. The largest absolute Gasteiger partial charge is 0.508 e. The second-order valence-electron chi connectivity index (χ2n) is 4.17. The van der Waals surface area contributed by atoms with E-state index in [4.69, 9.17) is 5.73 Å². The van der Waals surface area contributed by atoms with Gasteiger partial charge >= 0.3 is 0 Å². The highest BCUT2D eigenvalue weighted by Crippen LogP contribution is 2.32. The predicted molar refractivity (Wildman–Crippen MR) is 57.6 cm³/mol. The highest BCUT2D eigenvalue weighted by molar-refractivity contribution is 5.45. The number of phenolic OH excluding ortho intramolecular Hbond substituents is 1. The lowest BCUT2D eigenvalue weighted by Crippen LogP contribution is -2.09. The summed E-state index contributed by atoms with van der Waals surface area (Å²) in [6.45, 7) is 2.64. The van der Waals surface area contributed by atoms with Gasteiger partial charge in [-0.1, -0.05) is 13.0 Å². The van der Waals surface area contributed by atoms with Crippen molar-refractivity contribution in [2.75, 3.05) is 6.54 Å². The molecule has 0 fully saturated rings. The molecular formula is C12H17NO. The monoisotopic (exact) mass is 191 g/mol. The van der Waals surface area contributed by atoms with E-state index in [1.165, 1.54) is 17.5 Å². The molecule has 1 aromatic rings. The van der Waals surface area contributed by atoms with Crippen LogP contribution in [0.15, 0.2) is 12.1 Å². The first-order valence-electron chi connectivity index (χ1n) is 5.27. The Labute approximate surface area is 84.7 Å². The summed E-state index contributed by atoms with van der Waals surface area (Å²) in [6, 6.07) is 4.05. The fourth-order valence-electron chi connectivity index (χ4n) is 2.15. The van der Waals surface area contributed by atoms with Gasteiger partial charge in [-0.3, -0.25) is 0 Å². The topological polar surface area (TPSA) is 46.2 Å². The third-order valence-electron chi connectivity index (χ3n) is 3.13. The van der Waals surface area contributed by atoms with Gasteiger partial charge in [0.2, 0.25) is 0 Å². The van der Waals surface area contributed by atoms with Gasteiger partial charge in [0, 0.05) is 0 Å². The zero-order valence-corrected chi connectivity index (χ0v) is 8.59. The normalized spacial score (nSPS) is 16.7. The Morgan fingerprint density at radius 2 is 2.00 bits per heavy atom. The van der Waals surface area contributed by atoms with Crippen molar-refractivity contribution < 1.29 is 5.11 Å². The minimum absolute atomic E-state index is 0.251. The van der Waals surface area contributed by atoms with Crippen molar-refractivity contribution in [2.24, 2.45) is 5.73 Å². The Morgan fingerprint density at radius 1 is 1.36 bits per heavy atom. The van der Waals surface area contributed by atoms with Gasteiger partial charge in [0.1, 0.15) is 5.75 Å². The predicted octanol–water partition coefficient (Wildman–Crippen LogP) is 1.94. The molecule has 1 aliphatic rings. The van der Waals surface area contributed by atoms with Crippen molar-refractivity contribution in [3.8, 4) is 5.75 Å². The van der Waals surface area contributed by atoms with E-state index in [1.54, 1.807) is 0 Å². The molecule has 0 heterocycles. The maximum atomic E-state index is 9.82. The van der Waals surface area contributed by atoms with E-state index < -0.39 is 0 Å². The van der Waals surface area contributed by atoms with Gasteiger partial charge < -0.3 is 10.8 Å². The molecule has 0 amide bonds. The van der Waals surface area contributed by atoms with E-state index in [0.717, 1.165) is 18.4 Å². The van der Waals surface area contributed by atoms with Crippen LogP contribution >= 0.6 is 0 Å². The quantitative estimate of drug-likeness (QED) is 0.750. The van der Waals surface area contributed by atoms with Gasteiger partial charge in [-0.05, 0) is 54.5 Å². The average molecular weight is 191 g/mol. The summed E-state index contributed by atoms with van der Waals surface area (Å²) in [5.74, 6) is 0.671. The first-order valence-corrected chi connectivity index (χ1v) is 5.27. The Hall–Kier alpha value is -1.02. The first kappa shape index (κ1) is 9.53. The highest BCUT2D eigenvalue weighted by atomic mass is 16.3. The Morgan fingerprint density at radius 3 is 2.64 bits per heavy atom. The zero-order chi connectivity index (χ0) is 10.1. The third-order valence-corrected chi connectivity index (χ3v) is 3.13. The molecule has 0 aliphatic heterocycles. The molecule has 1 aliphatic carbocycles. The lowest BCUT2D eigenvalue weighted by molar-refractivity contribution is 0.462. The van der Waals surface area contributed by atoms with Gasteiger partial charge in [0.15, 0.2) is 0 Å². The van der Waals surface area contributed by atoms with Crippen molar-refractivity contribution in [3.05, 3.63) is 28.8 Å². The van der Waals surface area contributed by atoms with Crippen molar-refractivity contribution in [1.82, 2.24) is 0 Å². The van der Waals surface area contributed by atoms with E-state index in [-0.39, 0.29) is 5.92 Å². The summed E-state index contributed by atoms with van der Waals surface area (Å²) in [7, 11) is 0. The standard InChI is InChI=1S/C12H17NO/c1-8(7-13)11-5-9-3-2-4-10(9)6-12(11)14/h5-6,8,14H,2-4,7,13H2,1H3. The van der Waals surface area contributed by atoms with Crippen molar-refractivity contribution in [3.63, 3.8) is 0 Å².